The standard InChI is InChI=1S/C15H22N2O4S/c1-16-8-4-5-12(11-16)17(2)22(18,19)14-7-3-6-13-15(14)21-10-9-20-13/h3,6-7,12H,4-5,8-11H2,1-2H3. The second-order valence-corrected chi connectivity index (χ2v) is 7.83. The number of fused-ring (bicyclic) bond motifs is 1. The zero-order chi connectivity index (χ0) is 15.7. The highest BCUT2D eigenvalue weighted by Crippen LogP contribution is 2.38. The van der Waals surface area contributed by atoms with Gasteiger partial charge in [-0.2, -0.15) is 4.31 Å². The maximum atomic E-state index is 13.0. The first-order valence-corrected chi connectivity index (χ1v) is 8.99. The van der Waals surface area contributed by atoms with E-state index in [1.807, 2.05) is 7.05 Å². The predicted molar refractivity (Wildman–Crippen MR) is 82.9 cm³/mol. The Kier molecular flexibility index (Phi) is 4.29. The van der Waals surface area contributed by atoms with Gasteiger partial charge in [-0.25, -0.2) is 8.42 Å². The Labute approximate surface area is 131 Å². The van der Waals surface area contributed by atoms with E-state index in [-0.39, 0.29) is 10.9 Å². The van der Waals surface area contributed by atoms with Gasteiger partial charge in [0.1, 0.15) is 18.1 Å². The molecule has 1 atom stereocenters. The van der Waals surface area contributed by atoms with E-state index >= 15 is 0 Å². The van der Waals surface area contributed by atoms with Crippen molar-refractivity contribution in [2.24, 2.45) is 0 Å². The number of piperidine rings is 1. The first-order chi connectivity index (χ1) is 10.5. The summed E-state index contributed by atoms with van der Waals surface area (Å²) in [6, 6.07) is 5.01. The first kappa shape index (κ1) is 15.6. The second kappa shape index (κ2) is 6.06. The number of hydrogen-bond donors (Lipinski definition) is 0. The van der Waals surface area contributed by atoms with E-state index in [1.54, 1.807) is 25.2 Å². The fourth-order valence-electron chi connectivity index (χ4n) is 3.04. The Balaban J connectivity index is 1.92. The third kappa shape index (κ3) is 2.80. The van der Waals surface area contributed by atoms with Gasteiger partial charge in [-0.15, -0.1) is 0 Å². The Morgan fingerprint density at radius 1 is 1.27 bits per heavy atom. The molecule has 0 spiro atoms. The van der Waals surface area contributed by atoms with Crippen LogP contribution >= 0.6 is 0 Å². The Morgan fingerprint density at radius 3 is 2.82 bits per heavy atom. The van der Waals surface area contributed by atoms with Crippen molar-refractivity contribution in [2.45, 2.75) is 23.8 Å². The summed E-state index contributed by atoms with van der Waals surface area (Å²) < 4.78 is 38.5. The van der Waals surface area contributed by atoms with E-state index in [2.05, 4.69) is 4.90 Å². The molecule has 1 fully saturated rings. The largest absolute Gasteiger partial charge is 0.486 e. The minimum Gasteiger partial charge on any atom is -0.486 e. The summed E-state index contributed by atoms with van der Waals surface area (Å²) in [5.41, 5.74) is 0. The number of likely N-dealkylation sites (N-methyl/N-ethyl adjacent to an activating group) is 2. The SMILES string of the molecule is CN1CCCC(N(C)S(=O)(=O)c2cccc3c2OCCO3)C1. The zero-order valence-corrected chi connectivity index (χ0v) is 13.8. The minimum absolute atomic E-state index is 0.0101. The van der Waals surface area contributed by atoms with Gasteiger partial charge in [-0.05, 0) is 38.6 Å². The van der Waals surface area contributed by atoms with Crippen LogP contribution in [0.5, 0.6) is 11.5 Å². The number of para-hydroxylation sites is 1. The van der Waals surface area contributed by atoms with Gasteiger partial charge in [0.05, 0.1) is 0 Å². The highest BCUT2D eigenvalue weighted by Gasteiger charge is 2.34. The molecular weight excluding hydrogens is 304 g/mol. The summed E-state index contributed by atoms with van der Waals surface area (Å²) in [5, 5.41) is 0. The molecule has 6 nitrogen and oxygen atoms in total. The lowest BCUT2D eigenvalue weighted by molar-refractivity contribution is 0.165. The first-order valence-electron chi connectivity index (χ1n) is 7.55. The van der Waals surface area contributed by atoms with Crippen molar-refractivity contribution in [3.05, 3.63) is 18.2 Å². The van der Waals surface area contributed by atoms with Gasteiger partial charge in [-0.3, -0.25) is 0 Å². The summed E-state index contributed by atoms with van der Waals surface area (Å²) in [6.45, 7) is 2.58. The minimum atomic E-state index is -3.60. The number of hydrogen-bond acceptors (Lipinski definition) is 5. The van der Waals surface area contributed by atoms with Gasteiger partial charge in [0, 0.05) is 19.6 Å². The number of sulfonamides is 1. The summed E-state index contributed by atoms with van der Waals surface area (Å²) in [5.74, 6) is 0.839. The molecule has 0 aromatic heterocycles. The fraction of sp³-hybridized carbons (Fsp3) is 0.600. The molecule has 122 valence electrons. The van der Waals surface area contributed by atoms with Crippen LogP contribution in [0.3, 0.4) is 0 Å². The molecule has 0 bridgehead atoms. The maximum Gasteiger partial charge on any atom is 0.246 e. The monoisotopic (exact) mass is 326 g/mol. The Morgan fingerprint density at radius 2 is 2.05 bits per heavy atom. The van der Waals surface area contributed by atoms with Crippen LogP contribution in [-0.4, -0.2) is 64.1 Å². The highest BCUT2D eigenvalue weighted by molar-refractivity contribution is 7.89. The van der Waals surface area contributed by atoms with Gasteiger partial charge in [0.15, 0.2) is 11.5 Å². The number of nitrogens with zero attached hydrogens (tertiary/aromatic N) is 2. The van der Waals surface area contributed by atoms with Crippen LogP contribution in [0.4, 0.5) is 0 Å². The second-order valence-electron chi connectivity index (χ2n) is 5.86. The molecular formula is C15H22N2O4S. The topological polar surface area (TPSA) is 59.1 Å². The number of benzene rings is 1. The van der Waals surface area contributed by atoms with Gasteiger partial charge < -0.3 is 14.4 Å². The maximum absolute atomic E-state index is 13.0. The quantitative estimate of drug-likeness (QED) is 0.834. The normalized spacial score (nSPS) is 22.8. The lowest BCUT2D eigenvalue weighted by Crippen LogP contribution is -2.47. The van der Waals surface area contributed by atoms with Crippen LogP contribution in [0.1, 0.15) is 12.8 Å². The molecule has 2 heterocycles. The Bertz CT molecular complexity index is 647. The van der Waals surface area contributed by atoms with Crippen molar-refractivity contribution in [2.75, 3.05) is 40.4 Å². The average Bonchev–Trinajstić information content (AvgIpc) is 2.53. The van der Waals surface area contributed by atoms with Crippen molar-refractivity contribution in [1.82, 2.24) is 9.21 Å². The van der Waals surface area contributed by atoms with Gasteiger partial charge >= 0.3 is 0 Å². The van der Waals surface area contributed by atoms with E-state index in [0.29, 0.717) is 24.7 Å². The summed E-state index contributed by atoms with van der Waals surface area (Å²) in [7, 11) is 0.0749. The molecule has 2 aliphatic rings. The van der Waals surface area contributed by atoms with Crippen molar-refractivity contribution in [3.63, 3.8) is 0 Å². The molecule has 1 aromatic rings. The molecule has 1 aromatic carbocycles. The van der Waals surface area contributed by atoms with E-state index < -0.39 is 10.0 Å². The number of rotatable bonds is 3. The summed E-state index contributed by atoms with van der Waals surface area (Å²) in [6.07, 6.45) is 1.89. The van der Waals surface area contributed by atoms with Crippen LogP contribution in [0, 0.1) is 0 Å². The Hall–Kier alpha value is -1.31. The molecule has 1 saturated heterocycles. The third-order valence-corrected chi connectivity index (χ3v) is 6.23. The van der Waals surface area contributed by atoms with Crippen LogP contribution in [0.15, 0.2) is 23.1 Å². The summed E-state index contributed by atoms with van der Waals surface area (Å²) in [4.78, 5) is 2.36. The van der Waals surface area contributed by atoms with E-state index in [1.165, 1.54) is 4.31 Å². The fourth-order valence-corrected chi connectivity index (χ4v) is 4.56. The van der Waals surface area contributed by atoms with Gasteiger partial charge in [-0.1, -0.05) is 6.07 Å². The lowest BCUT2D eigenvalue weighted by atomic mass is 10.1. The number of ether oxygens (including phenoxy) is 2. The van der Waals surface area contributed by atoms with Crippen molar-refractivity contribution in [3.8, 4) is 11.5 Å². The van der Waals surface area contributed by atoms with Crippen LogP contribution in [-0.2, 0) is 10.0 Å². The van der Waals surface area contributed by atoms with Crippen LogP contribution < -0.4 is 9.47 Å². The molecule has 0 amide bonds. The van der Waals surface area contributed by atoms with Crippen molar-refractivity contribution >= 4 is 10.0 Å². The van der Waals surface area contributed by atoms with Crippen LogP contribution in [0.2, 0.25) is 0 Å². The molecule has 22 heavy (non-hydrogen) atoms. The van der Waals surface area contributed by atoms with Crippen LogP contribution in [0.25, 0.3) is 0 Å². The predicted octanol–water partition coefficient (Wildman–Crippen LogP) is 1.17. The van der Waals surface area contributed by atoms with Crippen molar-refractivity contribution in [1.29, 1.82) is 0 Å². The average molecular weight is 326 g/mol. The molecule has 7 heteroatoms. The highest BCUT2D eigenvalue weighted by atomic mass is 32.2. The molecule has 2 aliphatic heterocycles. The molecule has 1 unspecified atom stereocenters. The van der Waals surface area contributed by atoms with E-state index in [0.717, 1.165) is 25.9 Å². The van der Waals surface area contributed by atoms with Gasteiger partial charge in [0.25, 0.3) is 0 Å². The smallest absolute Gasteiger partial charge is 0.246 e. The molecule has 0 saturated carbocycles. The van der Waals surface area contributed by atoms with E-state index in [9.17, 15) is 8.42 Å². The molecule has 3 rings (SSSR count). The van der Waals surface area contributed by atoms with Crippen molar-refractivity contribution < 1.29 is 17.9 Å². The molecule has 0 radical (unpaired) electrons. The number of likely N-dealkylation sites (tertiary alicyclic amines) is 1. The molecule has 0 N–H and O–H groups in total. The summed E-state index contributed by atoms with van der Waals surface area (Å²) >= 11 is 0. The van der Waals surface area contributed by atoms with E-state index in [4.69, 9.17) is 9.47 Å². The lowest BCUT2D eigenvalue weighted by Gasteiger charge is -2.35. The zero-order valence-electron chi connectivity index (χ0n) is 13.0. The van der Waals surface area contributed by atoms with Gasteiger partial charge in [0.2, 0.25) is 10.0 Å². The molecule has 0 aliphatic carbocycles. The third-order valence-electron chi connectivity index (χ3n) is 4.30.